The molecular weight excluding hydrogens is 388 g/mol. The largest absolute Gasteiger partial charge is 0.457 e. The maximum absolute atomic E-state index is 12.2. The normalized spacial score (nSPS) is 19.2. The van der Waals surface area contributed by atoms with E-state index in [9.17, 15) is 13.2 Å². The lowest BCUT2D eigenvalue weighted by molar-refractivity contribution is -0.119. The Morgan fingerprint density at radius 3 is 2.07 bits per heavy atom. The number of hydrogen-bond acceptors (Lipinski definition) is 5. The van der Waals surface area contributed by atoms with Gasteiger partial charge in [-0.25, -0.2) is 8.42 Å². The molecule has 0 aliphatic heterocycles. The molecule has 0 radical (unpaired) electrons. The first-order valence-corrected chi connectivity index (χ1v) is 10.3. The van der Waals surface area contributed by atoms with Crippen molar-refractivity contribution in [2.24, 2.45) is 11.7 Å². The molecule has 0 aromatic heterocycles. The van der Waals surface area contributed by atoms with Crippen molar-refractivity contribution in [3.63, 3.8) is 0 Å². The molecule has 1 fully saturated rings. The lowest BCUT2D eigenvalue weighted by atomic mass is 10.1. The van der Waals surface area contributed by atoms with Crippen molar-refractivity contribution in [3.05, 3.63) is 48.5 Å². The van der Waals surface area contributed by atoms with Gasteiger partial charge in [0, 0.05) is 23.9 Å². The van der Waals surface area contributed by atoms with Gasteiger partial charge in [0.05, 0.1) is 4.90 Å². The molecule has 0 heterocycles. The Bertz CT molecular complexity index is 883. The van der Waals surface area contributed by atoms with Crippen LogP contribution in [-0.2, 0) is 14.6 Å². The number of rotatable bonds is 5. The molecule has 2 aromatic rings. The van der Waals surface area contributed by atoms with Crippen molar-refractivity contribution < 1.29 is 17.9 Å². The van der Waals surface area contributed by atoms with E-state index in [1.807, 2.05) is 0 Å². The molecule has 6 nitrogen and oxygen atoms in total. The second kappa shape index (κ2) is 8.73. The van der Waals surface area contributed by atoms with Crippen LogP contribution in [0.4, 0.5) is 5.69 Å². The molecule has 3 rings (SSSR count). The summed E-state index contributed by atoms with van der Waals surface area (Å²) < 4.78 is 28.6. The molecule has 2 aromatic carbocycles. The van der Waals surface area contributed by atoms with E-state index in [2.05, 4.69) is 5.32 Å². The molecule has 0 spiro atoms. The molecule has 2 atom stereocenters. The maximum Gasteiger partial charge on any atom is 0.227 e. The Hall–Kier alpha value is -2.09. The third kappa shape index (κ3) is 5.69. The number of hydrogen-bond donors (Lipinski definition) is 2. The van der Waals surface area contributed by atoms with Gasteiger partial charge in [-0.15, -0.1) is 12.4 Å². The van der Waals surface area contributed by atoms with Crippen LogP contribution in [-0.4, -0.2) is 26.6 Å². The first-order chi connectivity index (χ1) is 12.3. The van der Waals surface area contributed by atoms with Crippen LogP contribution < -0.4 is 15.8 Å². The predicted octanol–water partition coefficient (Wildman–Crippen LogP) is 3.37. The van der Waals surface area contributed by atoms with Gasteiger partial charge in [0.15, 0.2) is 9.84 Å². The van der Waals surface area contributed by atoms with E-state index in [4.69, 9.17) is 10.5 Å². The van der Waals surface area contributed by atoms with Crippen molar-refractivity contribution in [2.75, 3.05) is 11.6 Å². The molecule has 1 saturated carbocycles. The summed E-state index contributed by atoms with van der Waals surface area (Å²) in [5.74, 6) is 1.12. The molecule has 1 amide bonds. The van der Waals surface area contributed by atoms with Crippen LogP contribution in [0.25, 0.3) is 0 Å². The maximum atomic E-state index is 12.2. The number of ether oxygens (including phenoxy) is 1. The molecular formula is C19H23ClN2O4S. The van der Waals surface area contributed by atoms with Gasteiger partial charge < -0.3 is 15.8 Å². The molecule has 2 unspecified atom stereocenters. The van der Waals surface area contributed by atoms with E-state index in [0.717, 1.165) is 25.5 Å². The van der Waals surface area contributed by atoms with Gasteiger partial charge in [-0.2, -0.15) is 0 Å². The summed E-state index contributed by atoms with van der Waals surface area (Å²) in [6.07, 6.45) is 3.62. The van der Waals surface area contributed by atoms with Crippen molar-refractivity contribution in [1.29, 1.82) is 0 Å². The van der Waals surface area contributed by atoms with Gasteiger partial charge in [0.2, 0.25) is 5.91 Å². The lowest BCUT2D eigenvalue weighted by Gasteiger charge is -2.11. The van der Waals surface area contributed by atoms with Gasteiger partial charge in [0.1, 0.15) is 11.5 Å². The van der Waals surface area contributed by atoms with E-state index in [-0.39, 0.29) is 35.2 Å². The highest BCUT2D eigenvalue weighted by atomic mass is 35.5. The van der Waals surface area contributed by atoms with E-state index in [1.54, 1.807) is 36.4 Å². The minimum absolute atomic E-state index is 0. The van der Waals surface area contributed by atoms with Crippen LogP contribution in [0.3, 0.4) is 0 Å². The van der Waals surface area contributed by atoms with Gasteiger partial charge in [-0.05, 0) is 67.8 Å². The molecule has 3 N–H and O–H groups in total. The summed E-state index contributed by atoms with van der Waals surface area (Å²) in [7, 11) is -3.22. The Morgan fingerprint density at radius 2 is 1.59 bits per heavy atom. The summed E-state index contributed by atoms with van der Waals surface area (Å²) in [5, 5.41) is 2.90. The summed E-state index contributed by atoms with van der Waals surface area (Å²) >= 11 is 0. The average Bonchev–Trinajstić information content (AvgIpc) is 3.03. The summed E-state index contributed by atoms with van der Waals surface area (Å²) in [5.41, 5.74) is 6.56. The number of carbonyl (C=O) groups excluding carboxylic acids is 1. The van der Waals surface area contributed by atoms with Gasteiger partial charge in [-0.1, -0.05) is 0 Å². The fourth-order valence-corrected chi connectivity index (χ4v) is 3.63. The Morgan fingerprint density at radius 1 is 1.04 bits per heavy atom. The number of carbonyl (C=O) groups is 1. The zero-order chi connectivity index (χ0) is 18.7. The predicted molar refractivity (Wildman–Crippen MR) is 107 cm³/mol. The zero-order valence-electron chi connectivity index (χ0n) is 14.9. The van der Waals surface area contributed by atoms with Crippen LogP contribution in [0.2, 0.25) is 0 Å². The fourth-order valence-electron chi connectivity index (χ4n) is 3.00. The van der Waals surface area contributed by atoms with E-state index < -0.39 is 9.84 Å². The number of nitrogens with two attached hydrogens (primary N) is 1. The van der Waals surface area contributed by atoms with Crippen molar-refractivity contribution in [2.45, 2.75) is 30.2 Å². The molecule has 0 saturated heterocycles. The highest BCUT2D eigenvalue weighted by molar-refractivity contribution is 7.90. The minimum atomic E-state index is -3.22. The first-order valence-electron chi connectivity index (χ1n) is 8.46. The number of amides is 1. The Labute approximate surface area is 165 Å². The van der Waals surface area contributed by atoms with Crippen molar-refractivity contribution in [3.8, 4) is 11.5 Å². The van der Waals surface area contributed by atoms with Crippen LogP contribution >= 0.6 is 12.4 Å². The quantitative estimate of drug-likeness (QED) is 0.787. The third-order valence-corrected chi connectivity index (χ3v) is 5.58. The summed E-state index contributed by atoms with van der Waals surface area (Å²) in [4.78, 5) is 12.4. The highest BCUT2D eigenvalue weighted by Gasteiger charge is 2.27. The number of benzene rings is 2. The van der Waals surface area contributed by atoms with Crippen molar-refractivity contribution >= 4 is 33.8 Å². The Kier molecular flexibility index (Phi) is 6.86. The number of halogens is 1. The molecule has 1 aliphatic rings. The second-order valence-corrected chi connectivity index (χ2v) is 8.65. The second-order valence-electron chi connectivity index (χ2n) is 6.63. The van der Waals surface area contributed by atoms with Crippen LogP contribution in [0.15, 0.2) is 53.4 Å². The third-order valence-electron chi connectivity index (χ3n) is 4.45. The smallest absolute Gasteiger partial charge is 0.227 e. The molecule has 0 bridgehead atoms. The van der Waals surface area contributed by atoms with Gasteiger partial charge in [-0.3, -0.25) is 4.79 Å². The molecule has 146 valence electrons. The fraction of sp³-hybridized carbons (Fsp3) is 0.316. The van der Waals surface area contributed by atoms with Crippen LogP contribution in [0.5, 0.6) is 11.5 Å². The average molecular weight is 411 g/mol. The summed E-state index contributed by atoms with van der Waals surface area (Å²) in [6.45, 7) is 0. The molecule has 8 heteroatoms. The highest BCUT2D eigenvalue weighted by Crippen LogP contribution is 2.27. The van der Waals surface area contributed by atoms with Gasteiger partial charge >= 0.3 is 0 Å². The van der Waals surface area contributed by atoms with E-state index in [1.165, 1.54) is 12.1 Å². The first kappa shape index (κ1) is 21.2. The SMILES string of the molecule is CS(=O)(=O)c1ccc(Oc2ccc(NC(=O)C3CCC(N)C3)cc2)cc1.Cl. The van der Waals surface area contributed by atoms with Gasteiger partial charge in [0.25, 0.3) is 0 Å². The van der Waals surface area contributed by atoms with E-state index >= 15 is 0 Å². The van der Waals surface area contributed by atoms with Crippen LogP contribution in [0.1, 0.15) is 19.3 Å². The zero-order valence-corrected chi connectivity index (χ0v) is 16.6. The lowest BCUT2D eigenvalue weighted by Crippen LogP contribution is -2.23. The number of nitrogens with one attached hydrogen (secondary N) is 1. The molecule has 27 heavy (non-hydrogen) atoms. The molecule has 1 aliphatic carbocycles. The van der Waals surface area contributed by atoms with Crippen LogP contribution in [0, 0.1) is 5.92 Å². The topological polar surface area (TPSA) is 98.5 Å². The summed E-state index contributed by atoms with van der Waals surface area (Å²) in [6, 6.07) is 13.4. The van der Waals surface area contributed by atoms with E-state index in [0.29, 0.717) is 17.2 Å². The standard InChI is InChI=1S/C19H22N2O4S.ClH/c1-26(23,24)18-10-8-17(9-11-18)25-16-6-4-15(5-7-16)21-19(22)13-2-3-14(20)12-13;/h4-11,13-14H,2-3,12,20H2,1H3,(H,21,22);1H. The minimum Gasteiger partial charge on any atom is -0.457 e. The Balaban J connectivity index is 0.00000261. The number of anilines is 1. The van der Waals surface area contributed by atoms with Crippen molar-refractivity contribution in [1.82, 2.24) is 0 Å². The monoisotopic (exact) mass is 410 g/mol. The number of sulfone groups is 1.